The molecule has 3 nitrogen and oxygen atoms in total. The molecule has 0 spiro atoms. The van der Waals surface area contributed by atoms with Gasteiger partial charge in [0.25, 0.3) is 0 Å². The Bertz CT molecular complexity index is 412. The zero-order valence-electron chi connectivity index (χ0n) is 13.2. The van der Waals surface area contributed by atoms with Crippen molar-refractivity contribution in [3.05, 3.63) is 35.9 Å². The van der Waals surface area contributed by atoms with Gasteiger partial charge in [-0.15, -0.1) is 0 Å². The molecule has 0 aliphatic carbocycles. The van der Waals surface area contributed by atoms with Gasteiger partial charge in [0.1, 0.15) is 0 Å². The highest BCUT2D eigenvalue weighted by Crippen LogP contribution is 2.19. The second kappa shape index (κ2) is 8.83. The van der Waals surface area contributed by atoms with Crippen molar-refractivity contribution in [1.29, 1.82) is 0 Å². The van der Waals surface area contributed by atoms with Crippen LogP contribution in [0.25, 0.3) is 0 Å². The van der Waals surface area contributed by atoms with Crippen LogP contribution in [-0.4, -0.2) is 30.4 Å². The van der Waals surface area contributed by atoms with Crippen LogP contribution in [-0.2, 0) is 4.79 Å². The van der Waals surface area contributed by atoms with Gasteiger partial charge in [0.2, 0.25) is 5.91 Å². The predicted octanol–water partition coefficient (Wildman–Crippen LogP) is 3.52. The molecule has 0 aromatic heterocycles. The zero-order valence-corrected chi connectivity index (χ0v) is 13.2. The molecule has 21 heavy (non-hydrogen) atoms. The standard InChI is InChI=1S/C18H28N2O/c1-2-3-12-17(16-10-6-4-7-11-16)19-15-18(21)20-13-8-5-9-14-20/h4,6-7,10-11,17,19H,2-3,5,8-9,12-15H2,1H3. The number of unbranched alkanes of at least 4 members (excludes halogenated alkanes) is 1. The fourth-order valence-corrected chi connectivity index (χ4v) is 2.95. The highest BCUT2D eigenvalue weighted by Gasteiger charge is 2.18. The van der Waals surface area contributed by atoms with E-state index in [0.29, 0.717) is 12.6 Å². The second-order valence-corrected chi connectivity index (χ2v) is 5.93. The van der Waals surface area contributed by atoms with Crippen molar-refractivity contribution in [2.45, 2.75) is 51.5 Å². The Labute approximate surface area is 128 Å². The van der Waals surface area contributed by atoms with Gasteiger partial charge in [-0.2, -0.15) is 0 Å². The molecule has 1 heterocycles. The molecule has 1 atom stereocenters. The fourth-order valence-electron chi connectivity index (χ4n) is 2.95. The number of carbonyl (C=O) groups is 1. The van der Waals surface area contributed by atoms with E-state index >= 15 is 0 Å². The maximum absolute atomic E-state index is 12.3. The Balaban J connectivity index is 1.87. The van der Waals surface area contributed by atoms with Gasteiger partial charge in [0.05, 0.1) is 6.54 Å². The van der Waals surface area contributed by atoms with Gasteiger partial charge in [0.15, 0.2) is 0 Å². The number of hydrogen-bond acceptors (Lipinski definition) is 2. The molecule has 1 N–H and O–H groups in total. The van der Waals surface area contributed by atoms with Crippen molar-refractivity contribution in [3.63, 3.8) is 0 Å². The van der Waals surface area contributed by atoms with Gasteiger partial charge < -0.3 is 10.2 Å². The summed E-state index contributed by atoms with van der Waals surface area (Å²) in [5.41, 5.74) is 1.29. The Morgan fingerprint density at radius 1 is 1.19 bits per heavy atom. The molecule has 0 bridgehead atoms. The summed E-state index contributed by atoms with van der Waals surface area (Å²) in [6.45, 7) is 4.54. The first-order chi connectivity index (χ1) is 10.3. The Hall–Kier alpha value is -1.35. The smallest absolute Gasteiger partial charge is 0.236 e. The monoisotopic (exact) mass is 288 g/mol. The molecular formula is C18H28N2O. The van der Waals surface area contributed by atoms with Crippen molar-refractivity contribution in [2.24, 2.45) is 0 Å². The minimum Gasteiger partial charge on any atom is -0.342 e. The molecule has 1 saturated heterocycles. The Morgan fingerprint density at radius 2 is 1.90 bits per heavy atom. The number of likely N-dealkylation sites (tertiary alicyclic amines) is 1. The van der Waals surface area contributed by atoms with Gasteiger partial charge in [-0.25, -0.2) is 0 Å². The summed E-state index contributed by atoms with van der Waals surface area (Å²) in [5.74, 6) is 0.257. The van der Waals surface area contributed by atoms with Crippen LogP contribution in [0.1, 0.15) is 57.1 Å². The molecule has 1 amide bonds. The number of nitrogens with zero attached hydrogens (tertiary/aromatic N) is 1. The Kier molecular flexibility index (Phi) is 6.74. The molecular weight excluding hydrogens is 260 g/mol. The number of nitrogens with one attached hydrogen (secondary N) is 1. The largest absolute Gasteiger partial charge is 0.342 e. The van der Waals surface area contributed by atoms with E-state index < -0.39 is 0 Å². The fraction of sp³-hybridized carbons (Fsp3) is 0.611. The lowest BCUT2D eigenvalue weighted by Gasteiger charge is -2.28. The van der Waals surface area contributed by atoms with Crippen molar-refractivity contribution >= 4 is 5.91 Å². The highest BCUT2D eigenvalue weighted by molar-refractivity contribution is 5.78. The van der Waals surface area contributed by atoms with E-state index in [1.807, 2.05) is 11.0 Å². The summed E-state index contributed by atoms with van der Waals surface area (Å²) in [6.07, 6.45) is 7.04. The SMILES string of the molecule is CCCCC(NCC(=O)N1CCCCC1)c1ccccc1. The number of hydrogen-bond donors (Lipinski definition) is 1. The van der Waals surface area contributed by atoms with Gasteiger partial charge in [-0.05, 0) is 31.2 Å². The maximum atomic E-state index is 12.3. The second-order valence-electron chi connectivity index (χ2n) is 5.93. The maximum Gasteiger partial charge on any atom is 0.236 e. The number of benzene rings is 1. The van der Waals surface area contributed by atoms with E-state index in [9.17, 15) is 4.79 Å². The summed E-state index contributed by atoms with van der Waals surface area (Å²) in [5, 5.41) is 3.48. The van der Waals surface area contributed by atoms with Crippen LogP contribution >= 0.6 is 0 Å². The average Bonchev–Trinajstić information content (AvgIpc) is 2.56. The first kappa shape index (κ1) is 16.0. The number of rotatable bonds is 7. The van der Waals surface area contributed by atoms with E-state index in [2.05, 4.69) is 36.5 Å². The molecule has 1 fully saturated rings. The summed E-state index contributed by atoms with van der Waals surface area (Å²) in [4.78, 5) is 14.3. The van der Waals surface area contributed by atoms with Crippen LogP contribution in [0.3, 0.4) is 0 Å². The van der Waals surface area contributed by atoms with Crippen LogP contribution in [0.5, 0.6) is 0 Å². The summed E-state index contributed by atoms with van der Waals surface area (Å²) in [6, 6.07) is 10.8. The zero-order chi connectivity index (χ0) is 14.9. The molecule has 3 heteroatoms. The third-order valence-electron chi connectivity index (χ3n) is 4.26. The third-order valence-corrected chi connectivity index (χ3v) is 4.26. The summed E-state index contributed by atoms with van der Waals surface area (Å²) >= 11 is 0. The van der Waals surface area contributed by atoms with E-state index in [-0.39, 0.29) is 5.91 Å². The predicted molar refractivity (Wildman–Crippen MR) is 87.1 cm³/mol. The van der Waals surface area contributed by atoms with Crippen LogP contribution in [0.4, 0.5) is 0 Å². The molecule has 1 unspecified atom stereocenters. The van der Waals surface area contributed by atoms with Crippen LogP contribution in [0.2, 0.25) is 0 Å². The number of amides is 1. The first-order valence-electron chi connectivity index (χ1n) is 8.37. The number of carbonyl (C=O) groups excluding carboxylic acids is 1. The van der Waals surface area contributed by atoms with Crippen molar-refractivity contribution in [3.8, 4) is 0 Å². The normalized spacial score (nSPS) is 16.7. The quantitative estimate of drug-likeness (QED) is 0.832. The van der Waals surface area contributed by atoms with E-state index in [4.69, 9.17) is 0 Å². The van der Waals surface area contributed by atoms with E-state index in [1.165, 1.54) is 24.8 Å². The lowest BCUT2D eigenvalue weighted by Crippen LogP contribution is -2.41. The topological polar surface area (TPSA) is 32.3 Å². The lowest BCUT2D eigenvalue weighted by atomic mass is 10.0. The van der Waals surface area contributed by atoms with Gasteiger partial charge in [0, 0.05) is 19.1 Å². The highest BCUT2D eigenvalue weighted by atomic mass is 16.2. The van der Waals surface area contributed by atoms with E-state index in [1.54, 1.807) is 0 Å². The van der Waals surface area contributed by atoms with Gasteiger partial charge >= 0.3 is 0 Å². The third kappa shape index (κ3) is 5.16. The van der Waals surface area contributed by atoms with Gasteiger partial charge in [-0.1, -0.05) is 50.1 Å². The molecule has 116 valence electrons. The minimum absolute atomic E-state index is 0.257. The molecule has 2 rings (SSSR count). The van der Waals surface area contributed by atoms with Crippen molar-refractivity contribution in [1.82, 2.24) is 10.2 Å². The summed E-state index contributed by atoms with van der Waals surface area (Å²) in [7, 11) is 0. The van der Waals surface area contributed by atoms with Crippen LogP contribution in [0, 0.1) is 0 Å². The lowest BCUT2D eigenvalue weighted by molar-refractivity contribution is -0.131. The Morgan fingerprint density at radius 3 is 2.57 bits per heavy atom. The molecule has 0 radical (unpaired) electrons. The van der Waals surface area contributed by atoms with Crippen molar-refractivity contribution < 1.29 is 4.79 Å². The van der Waals surface area contributed by atoms with Crippen LogP contribution in [0.15, 0.2) is 30.3 Å². The molecule has 0 saturated carbocycles. The minimum atomic E-state index is 0.257. The summed E-state index contributed by atoms with van der Waals surface area (Å²) < 4.78 is 0. The van der Waals surface area contributed by atoms with Crippen LogP contribution < -0.4 is 5.32 Å². The average molecular weight is 288 g/mol. The molecule has 1 aromatic carbocycles. The van der Waals surface area contributed by atoms with Gasteiger partial charge in [-0.3, -0.25) is 4.79 Å². The number of piperidine rings is 1. The van der Waals surface area contributed by atoms with Crippen molar-refractivity contribution in [2.75, 3.05) is 19.6 Å². The molecule has 1 aromatic rings. The van der Waals surface area contributed by atoms with E-state index in [0.717, 1.165) is 32.4 Å². The molecule has 1 aliphatic heterocycles. The first-order valence-corrected chi connectivity index (χ1v) is 8.37. The molecule has 1 aliphatic rings.